The van der Waals surface area contributed by atoms with Crippen molar-refractivity contribution in [2.45, 2.75) is 12.5 Å². The van der Waals surface area contributed by atoms with Crippen molar-refractivity contribution in [3.63, 3.8) is 0 Å². The summed E-state index contributed by atoms with van der Waals surface area (Å²) >= 11 is 1.46. The van der Waals surface area contributed by atoms with Crippen molar-refractivity contribution in [3.8, 4) is 5.75 Å². The predicted molar refractivity (Wildman–Crippen MR) is 77.1 cm³/mol. The van der Waals surface area contributed by atoms with Crippen LogP contribution in [0.1, 0.15) is 6.92 Å². The molecule has 1 aromatic carbocycles. The van der Waals surface area contributed by atoms with Gasteiger partial charge in [-0.2, -0.15) is 11.8 Å². The second kappa shape index (κ2) is 6.76. The van der Waals surface area contributed by atoms with Crippen LogP contribution in [0.3, 0.4) is 0 Å². The van der Waals surface area contributed by atoms with Crippen molar-refractivity contribution in [3.05, 3.63) is 28.1 Å². The lowest BCUT2D eigenvalue weighted by Crippen LogP contribution is -2.36. The molecule has 0 aliphatic carbocycles. The highest BCUT2D eigenvalue weighted by atomic mass is 32.2. The van der Waals surface area contributed by atoms with Crippen LogP contribution < -0.4 is 10.1 Å². The number of hydrogen-bond donors (Lipinski definition) is 2. The number of halogens is 1. The van der Waals surface area contributed by atoms with Gasteiger partial charge in [0.25, 0.3) is 0 Å². The summed E-state index contributed by atoms with van der Waals surface area (Å²) in [7, 11) is 1.27. The Hall–Kier alpha value is -1.54. The first-order chi connectivity index (χ1) is 9.30. The Morgan fingerprint density at radius 1 is 1.60 bits per heavy atom. The second-order valence-corrected chi connectivity index (χ2v) is 5.41. The van der Waals surface area contributed by atoms with Crippen molar-refractivity contribution in [1.82, 2.24) is 0 Å². The Morgan fingerprint density at radius 3 is 2.75 bits per heavy atom. The molecule has 0 amide bonds. The standard InChI is InChI=1S/C12H17FN2O4S/c1-12(16,7-20-3)6-14-9-5-11(19-2)10(15(17)18)4-8(9)13/h4-5,14,16H,6-7H2,1-3H3. The van der Waals surface area contributed by atoms with Gasteiger partial charge in [0.2, 0.25) is 0 Å². The Morgan fingerprint density at radius 2 is 2.25 bits per heavy atom. The molecule has 8 heteroatoms. The van der Waals surface area contributed by atoms with Gasteiger partial charge in [0.15, 0.2) is 11.6 Å². The van der Waals surface area contributed by atoms with Crippen molar-refractivity contribution < 1.29 is 19.2 Å². The Bertz CT molecular complexity index is 497. The van der Waals surface area contributed by atoms with E-state index in [9.17, 15) is 19.6 Å². The molecule has 0 aliphatic heterocycles. The van der Waals surface area contributed by atoms with Gasteiger partial charge < -0.3 is 15.2 Å². The summed E-state index contributed by atoms with van der Waals surface area (Å²) in [6, 6.07) is 2.01. The van der Waals surface area contributed by atoms with E-state index in [1.54, 1.807) is 6.92 Å². The van der Waals surface area contributed by atoms with Crippen LogP contribution in [0, 0.1) is 15.9 Å². The number of nitro benzene ring substituents is 1. The normalized spacial score (nSPS) is 13.7. The second-order valence-electron chi connectivity index (χ2n) is 4.54. The van der Waals surface area contributed by atoms with Crippen molar-refractivity contribution >= 4 is 23.1 Å². The number of methoxy groups -OCH3 is 1. The molecule has 0 saturated heterocycles. The zero-order valence-corrected chi connectivity index (χ0v) is 12.3. The smallest absolute Gasteiger partial charge is 0.313 e. The monoisotopic (exact) mass is 304 g/mol. The summed E-state index contributed by atoms with van der Waals surface area (Å²) in [4.78, 5) is 10.0. The topological polar surface area (TPSA) is 84.6 Å². The van der Waals surface area contributed by atoms with Gasteiger partial charge in [-0.15, -0.1) is 0 Å². The van der Waals surface area contributed by atoms with E-state index >= 15 is 0 Å². The molecule has 1 aromatic rings. The zero-order chi connectivity index (χ0) is 15.3. The molecule has 2 N–H and O–H groups in total. The molecule has 1 atom stereocenters. The van der Waals surface area contributed by atoms with Gasteiger partial charge in [-0.3, -0.25) is 10.1 Å². The van der Waals surface area contributed by atoms with E-state index in [2.05, 4.69) is 5.32 Å². The van der Waals surface area contributed by atoms with E-state index in [0.717, 1.165) is 6.07 Å². The fraction of sp³-hybridized carbons (Fsp3) is 0.500. The van der Waals surface area contributed by atoms with E-state index < -0.39 is 22.0 Å². The minimum atomic E-state index is -1.01. The van der Waals surface area contributed by atoms with Crippen LogP contribution in [0.4, 0.5) is 15.8 Å². The molecule has 0 aromatic heterocycles. The third-order valence-corrected chi connectivity index (χ3v) is 3.49. The van der Waals surface area contributed by atoms with Gasteiger partial charge in [-0.25, -0.2) is 4.39 Å². The van der Waals surface area contributed by atoms with Gasteiger partial charge in [0.05, 0.1) is 29.4 Å². The number of nitrogens with one attached hydrogen (secondary N) is 1. The van der Waals surface area contributed by atoms with E-state index in [1.807, 2.05) is 6.26 Å². The molecule has 0 aliphatic rings. The number of hydrogen-bond acceptors (Lipinski definition) is 6. The molecule has 0 bridgehead atoms. The lowest BCUT2D eigenvalue weighted by Gasteiger charge is -2.23. The Balaban J connectivity index is 2.94. The molecule has 20 heavy (non-hydrogen) atoms. The summed E-state index contributed by atoms with van der Waals surface area (Å²) in [5, 5.41) is 23.5. The van der Waals surface area contributed by atoms with E-state index in [4.69, 9.17) is 4.74 Å². The molecule has 0 spiro atoms. The average molecular weight is 304 g/mol. The van der Waals surface area contributed by atoms with Crippen LogP contribution in [0.15, 0.2) is 12.1 Å². The molecule has 0 saturated carbocycles. The van der Waals surface area contributed by atoms with Gasteiger partial charge in [0, 0.05) is 18.4 Å². The van der Waals surface area contributed by atoms with Crippen molar-refractivity contribution in [2.75, 3.05) is 31.0 Å². The number of ether oxygens (including phenoxy) is 1. The van der Waals surface area contributed by atoms with Gasteiger partial charge in [-0.1, -0.05) is 0 Å². The fourth-order valence-corrected chi connectivity index (χ4v) is 2.36. The highest BCUT2D eigenvalue weighted by Crippen LogP contribution is 2.32. The van der Waals surface area contributed by atoms with E-state index in [0.29, 0.717) is 5.75 Å². The summed E-state index contributed by atoms with van der Waals surface area (Å²) in [6.45, 7) is 1.74. The van der Waals surface area contributed by atoms with Crippen LogP contribution in [-0.2, 0) is 0 Å². The lowest BCUT2D eigenvalue weighted by atomic mass is 10.1. The third kappa shape index (κ3) is 4.24. The maximum absolute atomic E-state index is 13.8. The largest absolute Gasteiger partial charge is 0.490 e. The van der Waals surface area contributed by atoms with Gasteiger partial charge >= 0.3 is 5.69 Å². The quantitative estimate of drug-likeness (QED) is 0.594. The molecule has 0 fully saturated rings. The van der Waals surface area contributed by atoms with Crippen LogP contribution in [0.5, 0.6) is 5.75 Å². The molecule has 6 nitrogen and oxygen atoms in total. The van der Waals surface area contributed by atoms with Crippen LogP contribution in [0.25, 0.3) is 0 Å². The first-order valence-corrected chi connectivity index (χ1v) is 7.17. The Kier molecular flexibility index (Phi) is 5.58. The highest BCUT2D eigenvalue weighted by molar-refractivity contribution is 7.98. The minimum absolute atomic E-state index is 0.0385. The lowest BCUT2D eigenvalue weighted by molar-refractivity contribution is -0.385. The molecule has 0 heterocycles. The van der Waals surface area contributed by atoms with Crippen LogP contribution in [-0.4, -0.2) is 41.3 Å². The molecular weight excluding hydrogens is 287 g/mol. The van der Waals surface area contributed by atoms with Gasteiger partial charge in [0.1, 0.15) is 0 Å². The number of anilines is 1. The fourth-order valence-electron chi connectivity index (χ4n) is 1.63. The molecule has 112 valence electrons. The number of aliphatic hydroxyl groups is 1. The molecule has 0 radical (unpaired) electrons. The number of nitrogens with zero attached hydrogens (tertiary/aromatic N) is 1. The molecule has 1 rings (SSSR count). The minimum Gasteiger partial charge on any atom is -0.490 e. The summed E-state index contributed by atoms with van der Waals surface area (Å²) < 4.78 is 18.6. The van der Waals surface area contributed by atoms with Crippen LogP contribution >= 0.6 is 11.8 Å². The number of nitro groups is 1. The Labute approximate surface area is 120 Å². The molecule has 1 unspecified atom stereocenters. The average Bonchev–Trinajstić information content (AvgIpc) is 2.36. The SMILES string of the molecule is COc1cc(NCC(C)(O)CSC)c(F)cc1[N+](=O)[O-]. The third-order valence-electron chi connectivity index (χ3n) is 2.58. The maximum Gasteiger partial charge on any atom is 0.313 e. The maximum atomic E-state index is 13.8. The van der Waals surface area contributed by atoms with Crippen LogP contribution in [0.2, 0.25) is 0 Å². The van der Waals surface area contributed by atoms with Gasteiger partial charge in [-0.05, 0) is 13.2 Å². The molecular formula is C12H17FN2O4S. The van der Waals surface area contributed by atoms with Crippen molar-refractivity contribution in [2.24, 2.45) is 0 Å². The summed E-state index contributed by atoms with van der Waals surface area (Å²) in [5.41, 5.74) is -1.40. The number of rotatable bonds is 7. The number of thioether (sulfide) groups is 1. The van der Waals surface area contributed by atoms with E-state index in [-0.39, 0.29) is 18.0 Å². The van der Waals surface area contributed by atoms with Crippen molar-refractivity contribution in [1.29, 1.82) is 0 Å². The summed E-state index contributed by atoms with van der Waals surface area (Å²) in [5.74, 6) is -0.327. The predicted octanol–water partition coefficient (Wildman–Crippen LogP) is 2.27. The highest BCUT2D eigenvalue weighted by Gasteiger charge is 2.22. The zero-order valence-electron chi connectivity index (χ0n) is 11.5. The summed E-state index contributed by atoms with van der Waals surface area (Å²) in [6.07, 6.45) is 1.85. The van der Waals surface area contributed by atoms with E-state index in [1.165, 1.54) is 24.9 Å². The number of benzene rings is 1. The first kappa shape index (κ1) is 16.5. The first-order valence-electron chi connectivity index (χ1n) is 5.78.